The standard InChI is InChI=1S/C14H19NO6/c1-14(2,3)21-13(19)15-11(12(18)20-4)8-5-6-9(16)10(17)7-8/h5-7,11,16-17H,1-4H3,(H,15,19). The molecule has 1 amide bonds. The topological polar surface area (TPSA) is 105 Å². The number of methoxy groups -OCH3 is 1. The summed E-state index contributed by atoms with van der Waals surface area (Å²) in [6.07, 6.45) is -0.800. The van der Waals surface area contributed by atoms with Crippen LogP contribution >= 0.6 is 0 Å². The maximum atomic E-state index is 11.8. The number of alkyl carbamates (subject to hydrolysis) is 1. The first-order chi connectivity index (χ1) is 9.64. The molecule has 0 aromatic heterocycles. The van der Waals surface area contributed by atoms with Gasteiger partial charge in [0, 0.05) is 0 Å². The highest BCUT2D eigenvalue weighted by Crippen LogP contribution is 2.28. The van der Waals surface area contributed by atoms with E-state index in [0.29, 0.717) is 0 Å². The molecule has 0 spiro atoms. The molecular weight excluding hydrogens is 278 g/mol. The molecular formula is C14H19NO6. The van der Waals surface area contributed by atoms with Gasteiger partial charge in [-0.25, -0.2) is 9.59 Å². The number of nitrogens with one attached hydrogen (secondary N) is 1. The van der Waals surface area contributed by atoms with Crippen molar-refractivity contribution < 1.29 is 29.3 Å². The lowest BCUT2D eigenvalue weighted by molar-refractivity contribution is -0.143. The molecule has 1 aromatic carbocycles. The first-order valence-electron chi connectivity index (χ1n) is 6.23. The Balaban J connectivity index is 2.98. The fourth-order valence-electron chi connectivity index (χ4n) is 1.54. The number of phenols is 2. The SMILES string of the molecule is COC(=O)C(NC(=O)OC(C)(C)C)c1ccc(O)c(O)c1. The third kappa shape index (κ3) is 4.87. The van der Waals surface area contributed by atoms with Crippen LogP contribution in [0.1, 0.15) is 32.4 Å². The van der Waals surface area contributed by atoms with Crippen molar-refractivity contribution in [1.29, 1.82) is 0 Å². The summed E-state index contributed by atoms with van der Waals surface area (Å²) in [5.74, 6) is -1.47. The van der Waals surface area contributed by atoms with E-state index in [1.165, 1.54) is 19.2 Å². The molecule has 1 unspecified atom stereocenters. The van der Waals surface area contributed by atoms with Gasteiger partial charge in [0.15, 0.2) is 17.5 Å². The van der Waals surface area contributed by atoms with Crippen LogP contribution in [0, 0.1) is 0 Å². The van der Waals surface area contributed by atoms with Crippen molar-refractivity contribution in [2.24, 2.45) is 0 Å². The predicted octanol–water partition coefficient (Wildman–Crippen LogP) is 1.84. The number of phenolic OH excluding ortho intramolecular Hbond substituents is 2. The zero-order valence-electron chi connectivity index (χ0n) is 12.3. The first kappa shape index (κ1) is 16.6. The van der Waals surface area contributed by atoms with E-state index in [1.54, 1.807) is 20.8 Å². The zero-order valence-corrected chi connectivity index (χ0v) is 12.3. The summed E-state index contributed by atoms with van der Waals surface area (Å²) in [7, 11) is 1.17. The van der Waals surface area contributed by atoms with Crippen molar-refractivity contribution in [2.75, 3.05) is 7.11 Å². The molecule has 116 valence electrons. The Morgan fingerprint density at radius 3 is 2.29 bits per heavy atom. The number of benzene rings is 1. The van der Waals surface area contributed by atoms with Crippen LogP contribution in [0.3, 0.4) is 0 Å². The Labute approximate surface area is 122 Å². The molecule has 0 aliphatic heterocycles. The van der Waals surface area contributed by atoms with E-state index < -0.39 is 29.5 Å². The van der Waals surface area contributed by atoms with Crippen LogP contribution < -0.4 is 5.32 Å². The zero-order chi connectivity index (χ0) is 16.2. The number of ether oxygens (including phenoxy) is 2. The number of carbonyl (C=O) groups excluding carboxylic acids is 2. The largest absolute Gasteiger partial charge is 0.504 e. The molecule has 0 fully saturated rings. The second kappa shape index (κ2) is 6.34. The number of amides is 1. The molecule has 7 heteroatoms. The summed E-state index contributed by atoms with van der Waals surface area (Å²) < 4.78 is 9.68. The average molecular weight is 297 g/mol. The Hall–Kier alpha value is -2.44. The molecule has 0 aliphatic rings. The molecule has 21 heavy (non-hydrogen) atoms. The Bertz CT molecular complexity index is 535. The number of hydrogen-bond donors (Lipinski definition) is 3. The fourth-order valence-corrected chi connectivity index (χ4v) is 1.54. The number of aromatic hydroxyl groups is 2. The van der Waals surface area contributed by atoms with Crippen molar-refractivity contribution in [3.63, 3.8) is 0 Å². The first-order valence-corrected chi connectivity index (χ1v) is 6.23. The molecule has 0 saturated heterocycles. The Morgan fingerprint density at radius 1 is 1.19 bits per heavy atom. The molecule has 1 aromatic rings. The van der Waals surface area contributed by atoms with Crippen LogP contribution in [-0.4, -0.2) is 35.0 Å². The maximum absolute atomic E-state index is 11.8. The van der Waals surface area contributed by atoms with Crippen molar-refractivity contribution in [3.8, 4) is 11.5 Å². The number of hydrogen-bond acceptors (Lipinski definition) is 6. The fraction of sp³-hybridized carbons (Fsp3) is 0.429. The van der Waals surface area contributed by atoms with E-state index in [9.17, 15) is 19.8 Å². The summed E-state index contributed by atoms with van der Waals surface area (Å²) >= 11 is 0. The molecule has 3 N–H and O–H groups in total. The van der Waals surface area contributed by atoms with E-state index in [1.807, 2.05) is 0 Å². The van der Waals surface area contributed by atoms with Crippen molar-refractivity contribution in [1.82, 2.24) is 5.32 Å². The smallest absolute Gasteiger partial charge is 0.408 e. The molecule has 0 aliphatic carbocycles. The highest BCUT2D eigenvalue weighted by molar-refractivity contribution is 5.83. The molecule has 0 radical (unpaired) electrons. The summed E-state index contributed by atoms with van der Waals surface area (Å²) in [6, 6.07) is 2.59. The monoisotopic (exact) mass is 297 g/mol. The second-order valence-corrected chi connectivity index (χ2v) is 5.35. The lowest BCUT2D eigenvalue weighted by Gasteiger charge is -2.22. The third-order valence-electron chi connectivity index (χ3n) is 2.43. The van der Waals surface area contributed by atoms with Gasteiger partial charge in [0.25, 0.3) is 0 Å². The quantitative estimate of drug-likeness (QED) is 0.580. The van der Waals surface area contributed by atoms with Gasteiger partial charge in [-0.2, -0.15) is 0 Å². The summed E-state index contributed by atoms with van der Waals surface area (Å²) in [5, 5.41) is 21.1. The molecule has 0 bridgehead atoms. The van der Waals surface area contributed by atoms with Crippen LogP contribution in [0.15, 0.2) is 18.2 Å². The van der Waals surface area contributed by atoms with E-state index >= 15 is 0 Å². The minimum atomic E-state index is -1.16. The van der Waals surface area contributed by atoms with Crippen LogP contribution in [0.25, 0.3) is 0 Å². The van der Waals surface area contributed by atoms with Gasteiger partial charge in [-0.05, 0) is 38.5 Å². The van der Waals surface area contributed by atoms with Crippen LogP contribution in [0.2, 0.25) is 0 Å². The van der Waals surface area contributed by atoms with Gasteiger partial charge in [-0.1, -0.05) is 6.07 Å². The number of carbonyl (C=O) groups is 2. The van der Waals surface area contributed by atoms with Gasteiger partial charge in [-0.3, -0.25) is 0 Å². The molecule has 1 rings (SSSR count). The van der Waals surface area contributed by atoms with E-state index in [4.69, 9.17) is 4.74 Å². The van der Waals surface area contributed by atoms with E-state index in [-0.39, 0.29) is 11.3 Å². The number of esters is 1. The normalized spacial score (nSPS) is 12.4. The summed E-state index contributed by atoms with van der Waals surface area (Å²) in [6.45, 7) is 5.06. The Morgan fingerprint density at radius 2 is 1.81 bits per heavy atom. The van der Waals surface area contributed by atoms with Crippen LogP contribution in [-0.2, 0) is 14.3 Å². The number of rotatable bonds is 3. The minimum Gasteiger partial charge on any atom is -0.504 e. The van der Waals surface area contributed by atoms with Gasteiger partial charge in [0.05, 0.1) is 7.11 Å². The van der Waals surface area contributed by atoms with Crippen LogP contribution in [0.5, 0.6) is 11.5 Å². The van der Waals surface area contributed by atoms with Gasteiger partial charge < -0.3 is 25.0 Å². The molecule has 0 saturated carbocycles. The summed E-state index contributed by atoms with van der Waals surface area (Å²) in [5.41, 5.74) is -0.468. The van der Waals surface area contributed by atoms with Gasteiger partial charge in [-0.15, -0.1) is 0 Å². The molecule has 7 nitrogen and oxygen atoms in total. The maximum Gasteiger partial charge on any atom is 0.408 e. The van der Waals surface area contributed by atoms with E-state index in [0.717, 1.165) is 6.07 Å². The highest BCUT2D eigenvalue weighted by atomic mass is 16.6. The third-order valence-corrected chi connectivity index (χ3v) is 2.43. The van der Waals surface area contributed by atoms with Gasteiger partial charge in [0.1, 0.15) is 5.60 Å². The van der Waals surface area contributed by atoms with Crippen molar-refractivity contribution in [3.05, 3.63) is 23.8 Å². The summed E-state index contributed by atoms with van der Waals surface area (Å²) in [4.78, 5) is 23.5. The average Bonchev–Trinajstić information content (AvgIpc) is 2.36. The van der Waals surface area contributed by atoms with Crippen molar-refractivity contribution in [2.45, 2.75) is 32.4 Å². The minimum absolute atomic E-state index is 0.253. The lowest BCUT2D eigenvalue weighted by atomic mass is 10.1. The Kier molecular flexibility index (Phi) is 5.02. The van der Waals surface area contributed by atoms with Gasteiger partial charge >= 0.3 is 12.1 Å². The molecule has 1 atom stereocenters. The lowest BCUT2D eigenvalue weighted by Crippen LogP contribution is -2.38. The van der Waals surface area contributed by atoms with Gasteiger partial charge in [0.2, 0.25) is 0 Å². The van der Waals surface area contributed by atoms with Crippen LogP contribution in [0.4, 0.5) is 4.79 Å². The predicted molar refractivity (Wildman–Crippen MR) is 73.9 cm³/mol. The van der Waals surface area contributed by atoms with Crippen molar-refractivity contribution >= 4 is 12.1 Å². The highest BCUT2D eigenvalue weighted by Gasteiger charge is 2.27. The second-order valence-electron chi connectivity index (χ2n) is 5.35. The van der Waals surface area contributed by atoms with E-state index in [2.05, 4.69) is 10.1 Å². The molecule has 0 heterocycles.